The molecule has 3 aromatic rings. The number of hydrogen-bond acceptors (Lipinski definition) is 4. The Labute approximate surface area is 242 Å². The Bertz CT molecular complexity index is 1430. The van der Waals surface area contributed by atoms with E-state index in [0.29, 0.717) is 16.3 Å². The molecule has 9 heteroatoms. The predicted octanol–water partition coefficient (Wildman–Crippen LogP) is 5.71. The second kappa shape index (κ2) is 13.3. The molecule has 1 aliphatic rings. The van der Waals surface area contributed by atoms with Crippen molar-refractivity contribution in [2.45, 2.75) is 69.5 Å². The molecule has 3 aromatic carbocycles. The molecule has 0 unspecified atom stereocenters. The second-order valence-corrected chi connectivity index (χ2v) is 12.6. The average molecular weight is 582 g/mol. The molecule has 1 saturated carbocycles. The van der Waals surface area contributed by atoms with Crippen LogP contribution in [0.4, 0.5) is 5.69 Å². The van der Waals surface area contributed by atoms with Gasteiger partial charge in [0.15, 0.2) is 0 Å². The van der Waals surface area contributed by atoms with E-state index in [0.717, 1.165) is 42.0 Å². The molecule has 0 aromatic heterocycles. The van der Waals surface area contributed by atoms with Crippen molar-refractivity contribution in [1.29, 1.82) is 0 Å². The Kier molecular flexibility index (Phi) is 9.87. The van der Waals surface area contributed by atoms with Gasteiger partial charge in [-0.3, -0.25) is 13.9 Å². The summed E-state index contributed by atoms with van der Waals surface area (Å²) in [4.78, 5) is 28.9. The Morgan fingerprint density at radius 1 is 0.950 bits per heavy atom. The number of nitrogens with zero attached hydrogens (tertiary/aromatic N) is 2. The summed E-state index contributed by atoms with van der Waals surface area (Å²) in [5.41, 5.74) is 1.89. The first-order valence-electron chi connectivity index (χ1n) is 13.6. The van der Waals surface area contributed by atoms with Crippen LogP contribution in [0.1, 0.15) is 50.2 Å². The molecule has 1 fully saturated rings. The van der Waals surface area contributed by atoms with Crippen LogP contribution in [0.3, 0.4) is 0 Å². The molecule has 0 bridgehead atoms. The van der Waals surface area contributed by atoms with Gasteiger partial charge in [0.05, 0.1) is 10.6 Å². The fourth-order valence-electron chi connectivity index (χ4n) is 4.99. The summed E-state index contributed by atoms with van der Waals surface area (Å²) in [6.07, 6.45) is 5.10. The van der Waals surface area contributed by atoms with Crippen LogP contribution in [-0.2, 0) is 26.2 Å². The Balaban J connectivity index is 1.67. The summed E-state index contributed by atoms with van der Waals surface area (Å²) in [7, 11) is -4.09. The van der Waals surface area contributed by atoms with E-state index >= 15 is 0 Å². The summed E-state index contributed by atoms with van der Waals surface area (Å²) >= 11 is 6.44. The first-order chi connectivity index (χ1) is 19.2. The van der Waals surface area contributed by atoms with E-state index in [-0.39, 0.29) is 23.4 Å². The number of hydrogen-bond donors (Lipinski definition) is 1. The standard InChI is InChI=1S/C31H36ClN3O4S/c1-23-12-11-16-27(20-23)35(40(38,39)28-17-7-4-8-18-28)22-30(36)34(21-25-13-9-10-19-29(25)32)24(2)31(37)33-26-14-5-3-6-15-26/h4,7-13,16-20,24,26H,3,5-6,14-15,21-22H2,1-2H3,(H,33,37)/t24-/m1/s1. The third-order valence-corrected chi connectivity index (χ3v) is 9.47. The van der Waals surface area contributed by atoms with Crippen LogP contribution in [0.15, 0.2) is 83.8 Å². The van der Waals surface area contributed by atoms with Crippen molar-refractivity contribution in [1.82, 2.24) is 10.2 Å². The van der Waals surface area contributed by atoms with Crippen molar-refractivity contribution >= 4 is 39.1 Å². The van der Waals surface area contributed by atoms with Gasteiger partial charge in [0.25, 0.3) is 10.0 Å². The van der Waals surface area contributed by atoms with Crippen molar-refractivity contribution in [2.24, 2.45) is 0 Å². The van der Waals surface area contributed by atoms with Crippen LogP contribution < -0.4 is 9.62 Å². The molecule has 1 N–H and O–H groups in total. The van der Waals surface area contributed by atoms with Crippen molar-refractivity contribution in [3.8, 4) is 0 Å². The van der Waals surface area contributed by atoms with Crippen molar-refractivity contribution in [2.75, 3.05) is 10.8 Å². The maximum atomic E-state index is 14.0. The van der Waals surface area contributed by atoms with Crippen LogP contribution >= 0.6 is 11.6 Å². The highest BCUT2D eigenvalue weighted by atomic mass is 35.5. The second-order valence-electron chi connectivity index (χ2n) is 10.3. The zero-order valence-electron chi connectivity index (χ0n) is 22.9. The molecule has 0 spiro atoms. The molecular formula is C31H36ClN3O4S. The zero-order valence-corrected chi connectivity index (χ0v) is 24.5. The summed E-state index contributed by atoms with van der Waals surface area (Å²) in [6, 6.07) is 21.4. The lowest BCUT2D eigenvalue weighted by atomic mass is 9.95. The van der Waals surface area contributed by atoms with Gasteiger partial charge in [-0.1, -0.05) is 79.4 Å². The number of rotatable bonds is 10. The van der Waals surface area contributed by atoms with E-state index < -0.39 is 28.5 Å². The number of carbonyl (C=O) groups excluding carboxylic acids is 2. The highest BCUT2D eigenvalue weighted by molar-refractivity contribution is 7.92. The largest absolute Gasteiger partial charge is 0.352 e. The summed E-state index contributed by atoms with van der Waals surface area (Å²) in [5, 5.41) is 3.57. The lowest BCUT2D eigenvalue weighted by Crippen LogP contribution is -2.53. The van der Waals surface area contributed by atoms with Gasteiger partial charge in [0.1, 0.15) is 12.6 Å². The maximum absolute atomic E-state index is 14.0. The maximum Gasteiger partial charge on any atom is 0.264 e. The lowest BCUT2D eigenvalue weighted by Gasteiger charge is -2.33. The molecule has 1 atom stereocenters. The van der Waals surface area contributed by atoms with E-state index in [4.69, 9.17) is 11.6 Å². The van der Waals surface area contributed by atoms with Gasteiger partial charge in [0, 0.05) is 17.6 Å². The first-order valence-corrected chi connectivity index (χ1v) is 15.5. The molecule has 4 rings (SSSR count). The highest BCUT2D eigenvalue weighted by Gasteiger charge is 2.33. The molecule has 212 valence electrons. The Hall–Kier alpha value is -3.36. The Morgan fingerprint density at radius 3 is 2.30 bits per heavy atom. The minimum atomic E-state index is -4.09. The van der Waals surface area contributed by atoms with E-state index in [9.17, 15) is 18.0 Å². The SMILES string of the molecule is Cc1cccc(N(CC(=O)N(Cc2ccccc2Cl)[C@H](C)C(=O)NC2CCCCC2)S(=O)(=O)c2ccccc2)c1. The quantitative estimate of drug-likeness (QED) is 0.332. The topological polar surface area (TPSA) is 86.8 Å². The van der Waals surface area contributed by atoms with Gasteiger partial charge in [-0.2, -0.15) is 0 Å². The fraction of sp³-hybridized carbons (Fsp3) is 0.355. The fourth-order valence-corrected chi connectivity index (χ4v) is 6.62. The molecule has 0 saturated heterocycles. The molecule has 0 heterocycles. The zero-order chi connectivity index (χ0) is 28.7. The molecule has 40 heavy (non-hydrogen) atoms. The van der Waals surface area contributed by atoms with Gasteiger partial charge in [0.2, 0.25) is 11.8 Å². The average Bonchev–Trinajstić information content (AvgIpc) is 2.96. The number of benzene rings is 3. The number of amides is 2. The third kappa shape index (κ3) is 7.23. The Morgan fingerprint density at radius 2 is 1.62 bits per heavy atom. The predicted molar refractivity (Wildman–Crippen MR) is 159 cm³/mol. The van der Waals surface area contributed by atoms with Crippen molar-refractivity contribution < 1.29 is 18.0 Å². The number of carbonyl (C=O) groups is 2. The number of nitrogens with one attached hydrogen (secondary N) is 1. The smallest absolute Gasteiger partial charge is 0.264 e. The van der Waals surface area contributed by atoms with E-state index in [1.54, 1.807) is 61.5 Å². The summed E-state index contributed by atoms with van der Waals surface area (Å²) in [5.74, 6) is -0.771. The van der Waals surface area contributed by atoms with E-state index in [2.05, 4.69) is 5.32 Å². The van der Waals surface area contributed by atoms with Crippen LogP contribution in [0.2, 0.25) is 5.02 Å². The van der Waals surface area contributed by atoms with Gasteiger partial charge in [-0.05, 0) is 68.1 Å². The summed E-state index contributed by atoms with van der Waals surface area (Å²) < 4.78 is 28.8. The van der Waals surface area contributed by atoms with Crippen LogP contribution in [0.5, 0.6) is 0 Å². The lowest BCUT2D eigenvalue weighted by molar-refractivity contribution is -0.139. The minimum absolute atomic E-state index is 0.0603. The van der Waals surface area contributed by atoms with E-state index in [1.807, 2.05) is 19.1 Å². The van der Waals surface area contributed by atoms with Crippen LogP contribution in [0, 0.1) is 6.92 Å². The van der Waals surface area contributed by atoms with Crippen LogP contribution in [0.25, 0.3) is 0 Å². The van der Waals surface area contributed by atoms with Crippen molar-refractivity contribution in [3.05, 3.63) is 95.0 Å². The number of halogens is 1. The van der Waals surface area contributed by atoms with Gasteiger partial charge < -0.3 is 10.2 Å². The highest BCUT2D eigenvalue weighted by Crippen LogP contribution is 2.26. The van der Waals surface area contributed by atoms with Gasteiger partial charge in [-0.25, -0.2) is 8.42 Å². The summed E-state index contributed by atoms with van der Waals surface area (Å²) in [6.45, 7) is 3.12. The molecular weight excluding hydrogens is 546 g/mol. The first kappa shape index (κ1) is 29.6. The molecule has 7 nitrogen and oxygen atoms in total. The molecule has 1 aliphatic carbocycles. The molecule has 0 radical (unpaired) electrons. The van der Waals surface area contributed by atoms with E-state index in [1.165, 1.54) is 17.0 Å². The van der Waals surface area contributed by atoms with Crippen molar-refractivity contribution in [3.63, 3.8) is 0 Å². The van der Waals surface area contributed by atoms with Gasteiger partial charge >= 0.3 is 0 Å². The molecule has 0 aliphatic heterocycles. The third-order valence-electron chi connectivity index (χ3n) is 7.32. The minimum Gasteiger partial charge on any atom is -0.352 e. The molecule has 2 amide bonds. The number of aryl methyl sites for hydroxylation is 1. The van der Waals surface area contributed by atoms with Gasteiger partial charge in [-0.15, -0.1) is 0 Å². The monoisotopic (exact) mass is 581 g/mol. The normalized spacial score (nSPS) is 14.8. The number of sulfonamides is 1. The number of anilines is 1. The van der Waals surface area contributed by atoms with Crippen LogP contribution in [-0.4, -0.2) is 43.8 Å².